The Hall–Kier alpha value is -0.990. The number of carbonyl (C=O) groups is 1. The van der Waals surface area contributed by atoms with Gasteiger partial charge in [0.2, 0.25) is 5.91 Å². The van der Waals surface area contributed by atoms with Crippen molar-refractivity contribution in [3.8, 4) is 0 Å². The van der Waals surface area contributed by atoms with Gasteiger partial charge in [0.1, 0.15) is 0 Å². The van der Waals surface area contributed by atoms with Gasteiger partial charge in [0, 0.05) is 13.2 Å². The SMILES string of the molecule is C=CC(N)=O.CCOCC.OCCOCCOCCO. The molecule has 122 valence electrons. The molecule has 0 spiro atoms. The van der Waals surface area contributed by atoms with Crippen LogP contribution in [0.4, 0.5) is 0 Å². The third-order valence-electron chi connectivity index (χ3n) is 1.45. The number of rotatable bonds is 10. The van der Waals surface area contributed by atoms with Crippen LogP contribution in [-0.2, 0) is 19.0 Å². The van der Waals surface area contributed by atoms with Gasteiger partial charge in [-0.2, -0.15) is 0 Å². The highest BCUT2D eigenvalue weighted by Gasteiger charge is 1.86. The molecule has 0 aromatic carbocycles. The van der Waals surface area contributed by atoms with Gasteiger partial charge in [-0.25, -0.2) is 0 Å². The van der Waals surface area contributed by atoms with Gasteiger partial charge < -0.3 is 30.2 Å². The van der Waals surface area contributed by atoms with E-state index in [2.05, 4.69) is 12.3 Å². The highest BCUT2D eigenvalue weighted by molar-refractivity contribution is 5.84. The molecule has 20 heavy (non-hydrogen) atoms. The standard InChI is InChI=1S/C6H14O4.C4H10O.C3H5NO/c7-1-3-9-5-6-10-4-2-8;1-3-5-4-2;1-2-3(4)5/h7-8H,1-6H2;3-4H2,1-2H3;2H,1H2,(H2,4,5). The van der Waals surface area contributed by atoms with Crippen LogP contribution in [0.3, 0.4) is 0 Å². The topological polar surface area (TPSA) is 111 Å². The summed E-state index contributed by atoms with van der Waals surface area (Å²) in [7, 11) is 0. The molecular weight excluding hydrogens is 266 g/mol. The van der Waals surface area contributed by atoms with E-state index in [-0.39, 0.29) is 13.2 Å². The minimum Gasteiger partial charge on any atom is -0.394 e. The summed E-state index contributed by atoms with van der Waals surface area (Å²) >= 11 is 0. The summed E-state index contributed by atoms with van der Waals surface area (Å²) in [4.78, 5) is 9.47. The predicted octanol–water partition coefficient (Wildman–Crippen LogP) is -0.295. The molecule has 0 rings (SSSR count). The van der Waals surface area contributed by atoms with Gasteiger partial charge in [0.15, 0.2) is 0 Å². The maximum atomic E-state index is 9.47. The first-order chi connectivity index (χ1) is 9.60. The van der Waals surface area contributed by atoms with E-state index in [1.165, 1.54) is 0 Å². The summed E-state index contributed by atoms with van der Waals surface area (Å²) in [6.45, 7) is 10.5. The number of carbonyl (C=O) groups excluding carboxylic acids is 1. The van der Waals surface area contributed by atoms with Crippen molar-refractivity contribution in [2.75, 3.05) is 52.9 Å². The Morgan fingerprint density at radius 2 is 1.35 bits per heavy atom. The molecular formula is C13H29NO6. The lowest BCUT2D eigenvalue weighted by molar-refractivity contribution is -0.113. The number of amides is 1. The first-order valence-corrected chi connectivity index (χ1v) is 6.47. The van der Waals surface area contributed by atoms with Crippen LogP contribution in [0.5, 0.6) is 0 Å². The quantitative estimate of drug-likeness (QED) is 0.377. The fourth-order valence-electron chi connectivity index (χ4n) is 0.655. The van der Waals surface area contributed by atoms with E-state index in [9.17, 15) is 4.79 Å². The lowest BCUT2D eigenvalue weighted by Crippen LogP contribution is -2.09. The third kappa shape index (κ3) is 43.5. The van der Waals surface area contributed by atoms with Crippen LogP contribution in [0.15, 0.2) is 12.7 Å². The minimum atomic E-state index is -0.481. The Bertz CT molecular complexity index is 180. The second kappa shape index (κ2) is 26.5. The van der Waals surface area contributed by atoms with Gasteiger partial charge in [0.25, 0.3) is 0 Å². The lowest BCUT2D eigenvalue weighted by atomic mass is 10.6. The van der Waals surface area contributed by atoms with Gasteiger partial charge in [-0.15, -0.1) is 0 Å². The van der Waals surface area contributed by atoms with Gasteiger partial charge in [-0.3, -0.25) is 4.79 Å². The maximum Gasteiger partial charge on any atom is 0.240 e. The fraction of sp³-hybridized carbons (Fsp3) is 0.769. The fourth-order valence-corrected chi connectivity index (χ4v) is 0.655. The number of nitrogens with two attached hydrogens (primary N) is 1. The average Bonchev–Trinajstić information content (AvgIpc) is 2.45. The highest BCUT2D eigenvalue weighted by atomic mass is 16.5. The monoisotopic (exact) mass is 295 g/mol. The molecule has 0 aliphatic rings. The molecule has 0 saturated heterocycles. The van der Waals surface area contributed by atoms with Gasteiger partial charge in [0.05, 0.1) is 39.6 Å². The molecule has 0 aliphatic carbocycles. The third-order valence-corrected chi connectivity index (χ3v) is 1.45. The molecule has 0 saturated carbocycles. The van der Waals surface area contributed by atoms with Crippen molar-refractivity contribution in [3.63, 3.8) is 0 Å². The van der Waals surface area contributed by atoms with Crippen LogP contribution >= 0.6 is 0 Å². The van der Waals surface area contributed by atoms with Gasteiger partial charge in [-0.1, -0.05) is 6.58 Å². The number of hydrogen-bond acceptors (Lipinski definition) is 6. The van der Waals surface area contributed by atoms with Crippen molar-refractivity contribution >= 4 is 5.91 Å². The van der Waals surface area contributed by atoms with E-state index in [0.717, 1.165) is 19.3 Å². The van der Waals surface area contributed by atoms with Crippen LogP contribution in [0.1, 0.15) is 13.8 Å². The Kier molecular flexibility index (Phi) is 31.9. The van der Waals surface area contributed by atoms with Crippen molar-refractivity contribution in [2.45, 2.75) is 13.8 Å². The smallest absolute Gasteiger partial charge is 0.240 e. The number of ether oxygens (including phenoxy) is 3. The highest BCUT2D eigenvalue weighted by Crippen LogP contribution is 1.76. The Morgan fingerprint density at radius 1 is 1.00 bits per heavy atom. The molecule has 0 atom stereocenters. The first-order valence-electron chi connectivity index (χ1n) is 6.47. The van der Waals surface area contributed by atoms with E-state index < -0.39 is 5.91 Å². The predicted molar refractivity (Wildman–Crippen MR) is 77.4 cm³/mol. The lowest BCUT2D eigenvalue weighted by Gasteiger charge is -2.01. The second-order valence-electron chi connectivity index (χ2n) is 3.06. The van der Waals surface area contributed by atoms with Crippen molar-refractivity contribution in [1.29, 1.82) is 0 Å². The molecule has 0 aliphatic heterocycles. The maximum absolute atomic E-state index is 9.47. The Balaban J connectivity index is -0.000000244. The van der Waals surface area contributed by atoms with Crippen LogP contribution in [0.2, 0.25) is 0 Å². The molecule has 7 nitrogen and oxygen atoms in total. The molecule has 4 N–H and O–H groups in total. The summed E-state index contributed by atoms with van der Waals surface area (Å²) in [6, 6.07) is 0. The van der Waals surface area contributed by atoms with Crippen LogP contribution in [0, 0.1) is 0 Å². The molecule has 0 bridgehead atoms. The molecule has 0 heterocycles. The Morgan fingerprint density at radius 3 is 1.50 bits per heavy atom. The number of primary amides is 1. The first kappa shape index (κ1) is 24.1. The van der Waals surface area contributed by atoms with Crippen LogP contribution in [0.25, 0.3) is 0 Å². The number of hydrogen-bond donors (Lipinski definition) is 3. The van der Waals surface area contributed by atoms with Crippen LogP contribution in [-0.4, -0.2) is 69.0 Å². The molecule has 0 unspecified atom stereocenters. The van der Waals surface area contributed by atoms with E-state index >= 15 is 0 Å². The zero-order valence-corrected chi connectivity index (χ0v) is 12.5. The summed E-state index contributed by atoms with van der Waals surface area (Å²) < 4.78 is 14.6. The summed E-state index contributed by atoms with van der Waals surface area (Å²) in [5.74, 6) is -0.481. The number of aliphatic hydroxyl groups excluding tert-OH is 2. The minimum absolute atomic E-state index is 0.0417. The summed E-state index contributed by atoms with van der Waals surface area (Å²) in [5, 5.41) is 16.5. The normalized spacial score (nSPS) is 8.80. The summed E-state index contributed by atoms with van der Waals surface area (Å²) in [5.41, 5.74) is 4.53. The second-order valence-corrected chi connectivity index (χ2v) is 3.06. The average molecular weight is 295 g/mol. The molecule has 0 aromatic heterocycles. The molecule has 0 aromatic rings. The van der Waals surface area contributed by atoms with Crippen LogP contribution < -0.4 is 5.73 Å². The molecule has 1 amide bonds. The number of aliphatic hydroxyl groups is 2. The van der Waals surface area contributed by atoms with Crippen molar-refractivity contribution in [1.82, 2.24) is 0 Å². The van der Waals surface area contributed by atoms with E-state index in [1.54, 1.807) is 0 Å². The van der Waals surface area contributed by atoms with E-state index in [0.29, 0.717) is 26.4 Å². The van der Waals surface area contributed by atoms with E-state index in [1.807, 2.05) is 13.8 Å². The zero-order valence-electron chi connectivity index (χ0n) is 12.5. The largest absolute Gasteiger partial charge is 0.394 e. The molecule has 0 radical (unpaired) electrons. The zero-order chi connectivity index (χ0) is 16.1. The van der Waals surface area contributed by atoms with Gasteiger partial charge in [-0.05, 0) is 19.9 Å². The Labute approximate surface area is 121 Å². The van der Waals surface area contributed by atoms with Crippen molar-refractivity contribution in [2.24, 2.45) is 5.73 Å². The molecule has 7 heteroatoms. The van der Waals surface area contributed by atoms with Crippen molar-refractivity contribution < 1.29 is 29.2 Å². The van der Waals surface area contributed by atoms with Crippen molar-refractivity contribution in [3.05, 3.63) is 12.7 Å². The molecule has 0 fully saturated rings. The van der Waals surface area contributed by atoms with Gasteiger partial charge >= 0.3 is 0 Å². The van der Waals surface area contributed by atoms with E-state index in [4.69, 9.17) is 24.4 Å². The summed E-state index contributed by atoms with van der Waals surface area (Å²) in [6.07, 6.45) is 1.06.